The lowest BCUT2D eigenvalue weighted by atomic mass is 9.94. The molecule has 0 bridgehead atoms. The van der Waals surface area contributed by atoms with E-state index in [1.165, 1.54) is 0 Å². The molecule has 0 aliphatic carbocycles. The molecule has 128 valence electrons. The summed E-state index contributed by atoms with van der Waals surface area (Å²) < 4.78 is 21.3. The van der Waals surface area contributed by atoms with Crippen LogP contribution in [-0.2, 0) is 18.9 Å². The van der Waals surface area contributed by atoms with E-state index >= 15 is 0 Å². The Morgan fingerprint density at radius 1 is 0.857 bits per heavy atom. The van der Waals surface area contributed by atoms with E-state index in [1.54, 1.807) is 7.11 Å². The van der Waals surface area contributed by atoms with Gasteiger partial charge in [0.15, 0.2) is 0 Å². The third-order valence-corrected chi connectivity index (χ3v) is 2.82. The Balaban J connectivity index is 3.32. The van der Waals surface area contributed by atoms with Gasteiger partial charge in [-0.15, -0.1) is 0 Å². The van der Waals surface area contributed by atoms with Gasteiger partial charge in [-0.2, -0.15) is 0 Å². The van der Waals surface area contributed by atoms with Crippen LogP contribution < -0.4 is 5.32 Å². The molecule has 0 spiro atoms. The van der Waals surface area contributed by atoms with Gasteiger partial charge in [-0.1, -0.05) is 27.7 Å². The second-order valence-electron chi connectivity index (χ2n) is 6.46. The third-order valence-electron chi connectivity index (χ3n) is 2.82. The lowest BCUT2D eigenvalue weighted by Crippen LogP contribution is -2.35. The Bertz CT molecular complexity index is 222. The van der Waals surface area contributed by atoms with Gasteiger partial charge in [0.1, 0.15) is 0 Å². The zero-order valence-electron chi connectivity index (χ0n) is 14.6. The van der Waals surface area contributed by atoms with Crippen LogP contribution in [0.5, 0.6) is 0 Å². The van der Waals surface area contributed by atoms with E-state index in [0.717, 1.165) is 19.7 Å². The van der Waals surface area contributed by atoms with E-state index in [4.69, 9.17) is 18.9 Å². The summed E-state index contributed by atoms with van der Waals surface area (Å²) in [6.07, 6.45) is 0. The number of rotatable bonds is 15. The molecule has 0 heterocycles. The highest BCUT2D eigenvalue weighted by atomic mass is 16.6. The number of methoxy groups -OCH3 is 1. The Kier molecular flexibility index (Phi) is 13.3. The molecule has 0 unspecified atom stereocenters. The monoisotopic (exact) mass is 305 g/mol. The minimum Gasteiger partial charge on any atom is -0.382 e. The second kappa shape index (κ2) is 13.5. The molecule has 5 nitrogen and oxygen atoms in total. The first-order valence-corrected chi connectivity index (χ1v) is 7.91. The largest absolute Gasteiger partial charge is 0.382 e. The predicted octanol–water partition coefficient (Wildman–Crippen LogP) is 1.95. The van der Waals surface area contributed by atoms with Crippen molar-refractivity contribution in [3.05, 3.63) is 0 Å². The summed E-state index contributed by atoms with van der Waals surface area (Å²) >= 11 is 0. The van der Waals surface area contributed by atoms with Crippen molar-refractivity contribution < 1.29 is 18.9 Å². The SMILES string of the molecule is COCCOCCOCCOCC(C)(C)CNCC(C)C. The molecular weight excluding hydrogens is 270 g/mol. The van der Waals surface area contributed by atoms with Crippen LogP contribution in [0, 0.1) is 11.3 Å². The fraction of sp³-hybridized carbons (Fsp3) is 1.00. The smallest absolute Gasteiger partial charge is 0.0701 e. The zero-order chi connectivity index (χ0) is 16.0. The Hall–Kier alpha value is -0.200. The maximum Gasteiger partial charge on any atom is 0.0701 e. The topological polar surface area (TPSA) is 49.0 Å². The molecule has 0 saturated carbocycles. The molecule has 5 heteroatoms. The number of ether oxygens (including phenoxy) is 4. The Morgan fingerprint density at radius 3 is 1.90 bits per heavy atom. The van der Waals surface area contributed by atoms with Gasteiger partial charge in [0, 0.05) is 19.1 Å². The summed E-state index contributed by atoms with van der Waals surface area (Å²) in [6, 6.07) is 0. The van der Waals surface area contributed by atoms with E-state index in [-0.39, 0.29) is 5.41 Å². The van der Waals surface area contributed by atoms with E-state index in [0.29, 0.717) is 45.6 Å². The van der Waals surface area contributed by atoms with Gasteiger partial charge in [0.25, 0.3) is 0 Å². The normalized spacial score (nSPS) is 12.3. The van der Waals surface area contributed by atoms with Crippen molar-refractivity contribution in [2.24, 2.45) is 11.3 Å². The number of nitrogens with one attached hydrogen (secondary N) is 1. The fourth-order valence-electron chi connectivity index (χ4n) is 1.68. The molecule has 21 heavy (non-hydrogen) atoms. The van der Waals surface area contributed by atoms with Crippen LogP contribution in [0.15, 0.2) is 0 Å². The van der Waals surface area contributed by atoms with Crippen LogP contribution in [0.2, 0.25) is 0 Å². The highest BCUT2D eigenvalue weighted by molar-refractivity contribution is 4.71. The Labute approximate surface area is 130 Å². The molecule has 1 N–H and O–H groups in total. The summed E-state index contributed by atoms with van der Waals surface area (Å²) in [7, 11) is 1.66. The molecule has 0 aromatic heterocycles. The molecular formula is C16H35NO4. The van der Waals surface area contributed by atoms with Gasteiger partial charge in [0.05, 0.1) is 46.2 Å². The van der Waals surface area contributed by atoms with Crippen LogP contribution in [0.1, 0.15) is 27.7 Å². The average Bonchev–Trinajstić information content (AvgIpc) is 2.40. The van der Waals surface area contributed by atoms with Crippen molar-refractivity contribution in [3.8, 4) is 0 Å². The first-order chi connectivity index (χ1) is 9.98. The molecule has 0 aliphatic rings. The summed E-state index contributed by atoms with van der Waals surface area (Å²) in [4.78, 5) is 0. The van der Waals surface area contributed by atoms with Gasteiger partial charge in [-0.25, -0.2) is 0 Å². The second-order valence-corrected chi connectivity index (χ2v) is 6.46. The van der Waals surface area contributed by atoms with Crippen LogP contribution in [-0.4, -0.2) is 66.4 Å². The first-order valence-electron chi connectivity index (χ1n) is 7.91. The van der Waals surface area contributed by atoms with Gasteiger partial charge < -0.3 is 24.3 Å². The zero-order valence-corrected chi connectivity index (χ0v) is 14.6. The van der Waals surface area contributed by atoms with Crippen LogP contribution in [0.3, 0.4) is 0 Å². The van der Waals surface area contributed by atoms with Crippen LogP contribution >= 0.6 is 0 Å². The van der Waals surface area contributed by atoms with Crippen molar-refractivity contribution in [1.29, 1.82) is 0 Å². The van der Waals surface area contributed by atoms with Crippen LogP contribution in [0.25, 0.3) is 0 Å². The average molecular weight is 305 g/mol. The first kappa shape index (κ1) is 20.8. The molecule has 0 aliphatic heterocycles. The van der Waals surface area contributed by atoms with Gasteiger partial charge in [-0.05, 0) is 12.5 Å². The number of hydrogen-bond donors (Lipinski definition) is 1. The van der Waals surface area contributed by atoms with E-state index in [2.05, 4.69) is 33.0 Å². The highest BCUT2D eigenvalue weighted by Crippen LogP contribution is 2.13. The van der Waals surface area contributed by atoms with Crippen molar-refractivity contribution in [2.75, 3.05) is 66.4 Å². The fourth-order valence-corrected chi connectivity index (χ4v) is 1.68. The number of hydrogen-bond acceptors (Lipinski definition) is 5. The van der Waals surface area contributed by atoms with Crippen molar-refractivity contribution in [3.63, 3.8) is 0 Å². The summed E-state index contributed by atoms with van der Waals surface area (Å²) in [5.74, 6) is 0.682. The van der Waals surface area contributed by atoms with Crippen molar-refractivity contribution in [1.82, 2.24) is 5.32 Å². The quantitative estimate of drug-likeness (QED) is 0.469. The van der Waals surface area contributed by atoms with Gasteiger partial charge in [-0.3, -0.25) is 0 Å². The molecule has 0 atom stereocenters. The molecule has 0 aromatic carbocycles. The Morgan fingerprint density at radius 2 is 1.38 bits per heavy atom. The third kappa shape index (κ3) is 16.0. The summed E-state index contributed by atoms with van der Waals surface area (Å²) in [5, 5.41) is 3.47. The lowest BCUT2D eigenvalue weighted by Gasteiger charge is -2.25. The van der Waals surface area contributed by atoms with Crippen LogP contribution in [0.4, 0.5) is 0 Å². The van der Waals surface area contributed by atoms with E-state index in [9.17, 15) is 0 Å². The summed E-state index contributed by atoms with van der Waals surface area (Å²) in [5.41, 5.74) is 0.151. The molecule has 0 rings (SSSR count). The predicted molar refractivity (Wildman–Crippen MR) is 85.8 cm³/mol. The molecule has 0 aromatic rings. The minimum atomic E-state index is 0.151. The molecule has 0 fully saturated rings. The van der Waals surface area contributed by atoms with Crippen molar-refractivity contribution >= 4 is 0 Å². The van der Waals surface area contributed by atoms with Gasteiger partial charge in [0.2, 0.25) is 0 Å². The lowest BCUT2D eigenvalue weighted by molar-refractivity contribution is -0.00945. The van der Waals surface area contributed by atoms with Crippen molar-refractivity contribution in [2.45, 2.75) is 27.7 Å². The van der Waals surface area contributed by atoms with E-state index in [1.807, 2.05) is 0 Å². The summed E-state index contributed by atoms with van der Waals surface area (Å²) in [6.45, 7) is 15.3. The molecule has 0 saturated heterocycles. The highest BCUT2D eigenvalue weighted by Gasteiger charge is 2.17. The molecule has 0 amide bonds. The van der Waals surface area contributed by atoms with Gasteiger partial charge >= 0.3 is 0 Å². The maximum absolute atomic E-state index is 5.68. The van der Waals surface area contributed by atoms with E-state index < -0.39 is 0 Å². The standard InChI is InChI=1S/C16H35NO4/c1-15(2)12-17-13-16(3,4)14-21-11-10-20-9-8-19-7-6-18-5/h15,17H,6-14H2,1-5H3. The maximum atomic E-state index is 5.68. The molecule has 0 radical (unpaired) electrons. The minimum absolute atomic E-state index is 0.151.